The maximum absolute atomic E-state index is 12.5. The molecule has 0 bridgehead atoms. The van der Waals surface area contributed by atoms with Crippen molar-refractivity contribution in [3.05, 3.63) is 59.7 Å². The van der Waals surface area contributed by atoms with Crippen LogP contribution in [-0.2, 0) is 11.8 Å². The smallest absolute Gasteiger partial charge is 0.237 e. The number of hydrogen-bond donors (Lipinski definition) is 1. The molecule has 1 atom stereocenters. The molecule has 0 spiro atoms. The number of carbonyl (C=O) groups is 1. The normalized spacial score (nSPS) is 11.6. The molecule has 27 heavy (non-hydrogen) atoms. The number of nitrogens with one attached hydrogen (secondary N) is 1. The summed E-state index contributed by atoms with van der Waals surface area (Å²) in [6.45, 7) is 3.85. The summed E-state index contributed by atoms with van der Waals surface area (Å²) in [7, 11) is 1.89. The number of hydrogen-bond acceptors (Lipinski definition) is 5. The number of thioether (sulfide) groups is 1. The second-order valence-electron chi connectivity index (χ2n) is 6.17. The van der Waals surface area contributed by atoms with Gasteiger partial charge in [0.15, 0.2) is 11.0 Å². The summed E-state index contributed by atoms with van der Waals surface area (Å²) < 4.78 is 1.88. The number of anilines is 1. The number of nitrogens with zero attached hydrogens (tertiary/aromatic N) is 4. The van der Waals surface area contributed by atoms with Crippen molar-refractivity contribution in [1.82, 2.24) is 14.8 Å². The Kier molecular flexibility index (Phi) is 5.57. The van der Waals surface area contributed by atoms with Crippen LogP contribution in [0.5, 0.6) is 0 Å². The number of amides is 1. The van der Waals surface area contributed by atoms with Gasteiger partial charge in [0.05, 0.1) is 16.9 Å². The molecule has 0 radical (unpaired) electrons. The predicted octanol–water partition coefficient (Wildman–Crippen LogP) is 3.78. The van der Waals surface area contributed by atoms with Crippen LogP contribution in [0.4, 0.5) is 5.69 Å². The van der Waals surface area contributed by atoms with Crippen molar-refractivity contribution in [2.45, 2.75) is 24.3 Å². The first-order valence-corrected chi connectivity index (χ1v) is 9.30. The van der Waals surface area contributed by atoms with E-state index in [1.54, 1.807) is 24.3 Å². The van der Waals surface area contributed by atoms with Crippen LogP contribution in [0.15, 0.2) is 53.7 Å². The molecule has 0 saturated carbocycles. The molecule has 1 heterocycles. The summed E-state index contributed by atoms with van der Waals surface area (Å²) in [4.78, 5) is 12.5. The summed E-state index contributed by atoms with van der Waals surface area (Å²) >= 11 is 1.34. The fourth-order valence-electron chi connectivity index (χ4n) is 2.49. The third-order valence-corrected chi connectivity index (χ3v) is 5.19. The lowest BCUT2D eigenvalue weighted by Crippen LogP contribution is -2.22. The average molecular weight is 377 g/mol. The van der Waals surface area contributed by atoms with Gasteiger partial charge in [0.2, 0.25) is 5.91 Å². The van der Waals surface area contributed by atoms with E-state index in [1.165, 1.54) is 17.3 Å². The topological polar surface area (TPSA) is 83.6 Å². The molecule has 2 aromatic carbocycles. The molecule has 6 nitrogen and oxygen atoms in total. The van der Waals surface area contributed by atoms with Crippen molar-refractivity contribution in [2.75, 3.05) is 5.32 Å². The first-order valence-electron chi connectivity index (χ1n) is 8.42. The maximum Gasteiger partial charge on any atom is 0.237 e. The van der Waals surface area contributed by atoms with Crippen LogP contribution in [0.1, 0.15) is 18.1 Å². The Labute approximate surface area is 162 Å². The Morgan fingerprint density at radius 2 is 1.96 bits per heavy atom. The van der Waals surface area contributed by atoms with E-state index in [9.17, 15) is 4.79 Å². The summed E-state index contributed by atoms with van der Waals surface area (Å²) in [5.74, 6) is 0.599. The second-order valence-corrected chi connectivity index (χ2v) is 7.48. The van der Waals surface area contributed by atoms with Crippen molar-refractivity contribution in [3.8, 4) is 17.5 Å². The first kappa shape index (κ1) is 18.7. The Morgan fingerprint density at radius 1 is 1.22 bits per heavy atom. The van der Waals surface area contributed by atoms with Gasteiger partial charge >= 0.3 is 0 Å². The van der Waals surface area contributed by atoms with Gasteiger partial charge in [0.1, 0.15) is 0 Å². The number of aromatic nitrogens is 3. The molecule has 3 aromatic rings. The van der Waals surface area contributed by atoms with Crippen molar-refractivity contribution >= 4 is 23.4 Å². The van der Waals surface area contributed by atoms with Gasteiger partial charge in [-0.25, -0.2) is 0 Å². The molecular weight excluding hydrogens is 358 g/mol. The highest BCUT2D eigenvalue weighted by atomic mass is 32.2. The standard InChI is InChI=1S/C20H19N5OS/c1-13-7-9-16(10-8-13)18-23-24-20(25(18)3)27-14(2)19(26)22-17-6-4-5-15(11-17)12-21/h4-11,14H,1-3H3,(H,22,26). The zero-order valence-electron chi connectivity index (χ0n) is 15.3. The minimum absolute atomic E-state index is 0.157. The number of carbonyl (C=O) groups excluding carboxylic acids is 1. The van der Waals surface area contributed by atoms with Crippen LogP contribution in [0.25, 0.3) is 11.4 Å². The lowest BCUT2D eigenvalue weighted by Gasteiger charge is -2.12. The SMILES string of the molecule is Cc1ccc(-c2nnc(SC(C)C(=O)Nc3cccc(C#N)c3)n2C)cc1. The highest BCUT2D eigenvalue weighted by Gasteiger charge is 2.19. The fourth-order valence-corrected chi connectivity index (χ4v) is 3.31. The third kappa shape index (κ3) is 4.36. The van der Waals surface area contributed by atoms with Gasteiger partial charge in [0, 0.05) is 18.3 Å². The summed E-state index contributed by atoms with van der Waals surface area (Å²) in [5.41, 5.74) is 3.27. The highest BCUT2D eigenvalue weighted by molar-refractivity contribution is 8.00. The third-order valence-electron chi connectivity index (χ3n) is 4.06. The number of rotatable bonds is 5. The van der Waals surface area contributed by atoms with Gasteiger partial charge in [-0.1, -0.05) is 47.7 Å². The molecular formula is C20H19N5OS. The molecule has 1 amide bonds. The van der Waals surface area contributed by atoms with E-state index in [1.807, 2.05) is 49.7 Å². The number of benzene rings is 2. The summed E-state index contributed by atoms with van der Waals surface area (Å²) in [5, 5.41) is 20.6. The second kappa shape index (κ2) is 8.06. The molecule has 1 unspecified atom stereocenters. The molecule has 136 valence electrons. The van der Waals surface area contributed by atoms with Gasteiger partial charge in [-0.3, -0.25) is 4.79 Å². The van der Waals surface area contributed by atoms with Crippen molar-refractivity contribution in [1.29, 1.82) is 5.26 Å². The van der Waals surface area contributed by atoms with Crippen LogP contribution < -0.4 is 5.32 Å². The van der Waals surface area contributed by atoms with E-state index < -0.39 is 0 Å². The van der Waals surface area contributed by atoms with E-state index in [-0.39, 0.29) is 11.2 Å². The lowest BCUT2D eigenvalue weighted by molar-refractivity contribution is -0.115. The van der Waals surface area contributed by atoms with E-state index in [0.717, 1.165) is 11.4 Å². The van der Waals surface area contributed by atoms with Crippen molar-refractivity contribution in [3.63, 3.8) is 0 Å². The monoisotopic (exact) mass is 377 g/mol. The molecule has 0 fully saturated rings. The van der Waals surface area contributed by atoms with E-state index >= 15 is 0 Å². The van der Waals surface area contributed by atoms with E-state index in [2.05, 4.69) is 21.6 Å². The molecule has 0 aliphatic carbocycles. The van der Waals surface area contributed by atoms with Crippen molar-refractivity contribution < 1.29 is 4.79 Å². The van der Waals surface area contributed by atoms with E-state index in [4.69, 9.17) is 5.26 Å². The Morgan fingerprint density at radius 3 is 2.67 bits per heavy atom. The number of aryl methyl sites for hydroxylation is 1. The average Bonchev–Trinajstić information content (AvgIpc) is 3.03. The van der Waals surface area contributed by atoms with Gasteiger partial charge in [-0.05, 0) is 32.0 Å². The predicted molar refractivity (Wildman–Crippen MR) is 106 cm³/mol. The van der Waals surface area contributed by atoms with Crippen molar-refractivity contribution in [2.24, 2.45) is 7.05 Å². The molecule has 1 N–H and O–H groups in total. The lowest BCUT2D eigenvalue weighted by atomic mass is 10.1. The first-order chi connectivity index (χ1) is 13.0. The largest absolute Gasteiger partial charge is 0.325 e. The fraction of sp³-hybridized carbons (Fsp3) is 0.200. The maximum atomic E-state index is 12.5. The molecule has 0 aliphatic heterocycles. The molecule has 7 heteroatoms. The van der Waals surface area contributed by atoms with Gasteiger partial charge in [0.25, 0.3) is 0 Å². The highest BCUT2D eigenvalue weighted by Crippen LogP contribution is 2.26. The van der Waals surface area contributed by atoms with Crippen LogP contribution in [0.3, 0.4) is 0 Å². The minimum atomic E-state index is -0.371. The van der Waals surface area contributed by atoms with Crippen LogP contribution >= 0.6 is 11.8 Å². The van der Waals surface area contributed by atoms with Gasteiger partial charge < -0.3 is 9.88 Å². The Bertz CT molecular complexity index is 1000. The minimum Gasteiger partial charge on any atom is -0.325 e. The van der Waals surface area contributed by atoms with Gasteiger partial charge in [-0.2, -0.15) is 5.26 Å². The Hall–Kier alpha value is -3.11. The zero-order valence-corrected chi connectivity index (χ0v) is 16.1. The summed E-state index contributed by atoms with van der Waals surface area (Å²) in [6, 6.07) is 17.0. The Balaban J connectivity index is 1.70. The molecule has 3 rings (SSSR count). The quantitative estimate of drug-likeness (QED) is 0.684. The number of nitriles is 1. The molecule has 1 aromatic heterocycles. The van der Waals surface area contributed by atoms with Crippen LogP contribution in [0.2, 0.25) is 0 Å². The molecule has 0 aliphatic rings. The van der Waals surface area contributed by atoms with Gasteiger partial charge in [-0.15, -0.1) is 10.2 Å². The summed E-state index contributed by atoms with van der Waals surface area (Å²) in [6.07, 6.45) is 0. The van der Waals surface area contributed by atoms with Crippen LogP contribution in [-0.4, -0.2) is 25.9 Å². The van der Waals surface area contributed by atoms with Crippen LogP contribution in [0, 0.1) is 18.3 Å². The van der Waals surface area contributed by atoms with E-state index in [0.29, 0.717) is 16.4 Å². The molecule has 0 saturated heterocycles. The zero-order chi connectivity index (χ0) is 19.4.